The maximum Gasteiger partial charge on any atom is 0.226 e. The lowest BCUT2D eigenvalue weighted by atomic mass is 9.95. The molecule has 1 aromatic rings. The van der Waals surface area contributed by atoms with E-state index in [1.807, 2.05) is 23.1 Å². The SMILES string of the molecule is CC1COC(c2ccccc2)CN1C(=O)C1CCNCC1. The lowest BCUT2D eigenvalue weighted by Gasteiger charge is -2.40. The monoisotopic (exact) mass is 288 g/mol. The molecule has 2 saturated heterocycles. The topological polar surface area (TPSA) is 41.6 Å². The number of nitrogens with zero attached hydrogens (tertiary/aromatic N) is 1. The maximum atomic E-state index is 12.8. The third-order valence-corrected chi connectivity index (χ3v) is 4.58. The molecule has 4 nitrogen and oxygen atoms in total. The van der Waals surface area contributed by atoms with Gasteiger partial charge in [0.25, 0.3) is 0 Å². The van der Waals surface area contributed by atoms with Crippen molar-refractivity contribution in [1.82, 2.24) is 10.2 Å². The second kappa shape index (κ2) is 6.58. The number of hydrogen-bond acceptors (Lipinski definition) is 3. The number of carbonyl (C=O) groups is 1. The zero-order valence-corrected chi connectivity index (χ0v) is 12.6. The summed E-state index contributed by atoms with van der Waals surface area (Å²) in [4.78, 5) is 14.8. The van der Waals surface area contributed by atoms with E-state index in [1.165, 1.54) is 0 Å². The van der Waals surface area contributed by atoms with Crippen molar-refractivity contribution in [2.45, 2.75) is 31.9 Å². The number of amides is 1. The van der Waals surface area contributed by atoms with Crippen LogP contribution in [0.25, 0.3) is 0 Å². The van der Waals surface area contributed by atoms with Crippen molar-refractivity contribution in [2.24, 2.45) is 5.92 Å². The van der Waals surface area contributed by atoms with Gasteiger partial charge in [0.1, 0.15) is 6.10 Å². The van der Waals surface area contributed by atoms with Crippen LogP contribution in [0, 0.1) is 5.92 Å². The van der Waals surface area contributed by atoms with Gasteiger partial charge in [0, 0.05) is 5.92 Å². The summed E-state index contributed by atoms with van der Waals surface area (Å²) >= 11 is 0. The Kier molecular flexibility index (Phi) is 4.56. The molecule has 0 radical (unpaired) electrons. The zero-order valence-electron chi connectivity index (χ0n) is 12.6. The quantitative estimate of drug-likeness (QED) is 0.904. The third-order valence-electron chi connectivity index (χ3n) is 4.58. The summed E-state index contributed by atoms with van der Waals surface area (Å²) in [5.74, 6) is 0.497. The highest BCUT2D eigenvalue weighted by Gasteiger charge is 2.34. The van der Waals surface area contributed by atoms with Crippen LogP contribution in [0.15, 0.2) is 30.3 Å². The van der Waals surface area contributed by atoms with E-state index in [0.29, 0.717) is 19.1 Å². The van der Waals surface area contributed by atoms with Crippen LogP contribution in [0.1, 0.15) is 31.4 Å². The van der Waals surface area contributed by atoms with E-state index in [0.717, 1.165) is 31.5 Å². The number of piperidine rings is 1. The average molecular weight is 288 g/mol. The summed E-state index contributed by atoms with van der Waals surface area (Å²) in [7, 11) is 0. The van der Waals surface area contributed by atoms with Crippen molar-refractivity contribution in [1.29, 1.82) is 0 Å². The molecule has 4 heteroatoms. The number of hydrogen-bond donors (Lipinski definition) is 1. The number of ether oxygens (including phenoxy) is 1. The number of morpholine rings is 1. The van der Waals surface area contributed by atoms with Crippen molar-refractivity contribution in [3.8, 4) is 0 Å². The lowest BCUT2D eigenvalue weighted by Crippen LogP contribution is -2.51. The van der Waals surface area contributed by atoms with Crippen molar-refractivity contribution >= 4 is 5.91 Å². The third kappa shape index (κ3) is 3.27. The standard InChI is InChI=1S/C17H24N2O2/c1-13-12-21-16(14-5-3-2-4-6-14)11-19(13)17(20)15-7-9-18-10-8-15/h2-6,13,15-16,18H,7-12H2,1H3. The highest BCUT2D eigenvalue weighted by Crippen LogP contribution is 2.27. The lowest BCUT2D eigenvalue weighted by molar-refractivity contribution is -0.149. The predicted octanol–water partition coefficient (Wildman–Crippen LogP) is 1.97. The Labute approximate surface area is 126 Å². The van der Waals surface area contributed by atoms with Gasteiger partial charge in [-0.15, -0.1) is 0 Å². The zero-order chi connectivity index (χ0) is 14.7. The van der Waals surface area contributed by atoms with Crippen LogP contribution in [0.2, 0.25) is 0 Å². The first-order valence-electron chi connectivity index (χ1n) is 7.93. The molecule has 2 unspecified atom stereocenters. The second-order valence-electron chi connectivity index (χ2n) is 6.10. The van der Waals surface area contributed by atoms with Gasteiger partial charge in [-0.2, -0.15) is 0 Å². The first-order chi connectivity index (χ1) is 10.3. The molecule has 1 N–H and O–H groups in total. The summed E-state index contributed by atoms with van der Waals surface area (Å²) in [6.45, 7) is 5.29. The smallest absolute Gasteiger partial charge is 0.226 e. The van der Waals surface area contributed by atoms with Crippen LogP contribution in [0.3, 0.4) is 0 Å². The number of rotatable bonds is 2. The molecule has 0 aromatic heterocycles. The van der Waals surface area contributed by atoms with Crippen LogP contribution in [0.5, 0.6) is 0 Å². The van der Waals surface area contributed by atoms with Gasteiger partial charge in [0.2, 0.25) is 5.91 Å². The first kappa shape index (κ1) is 14.5. The van der Waals surface area contributed by atoms with E-state index in [-0.39, 0.29) is 18.1 Å². The fourth-order valence-electron chi connectivity index (χ4n) is 3.24. The molecule has 1 amide bonds. The summed E-state index contributed by atoms with van der Waals surface area (Å²) < 4.78 is 5.94. The van der Waals surface area contributed by atoms with E-state index in [4.69, 9.17) is 4.74 Å². The normalized spacial score (nSPS) is 27.6. The molecule has 114 valence electrons. The second-order valence-corrected chi connectivity index (χ2v) is 6.10. The average Bonchev–Trinajstić information content (AvgIpc) is 2.56. The Hall–Kier alpha value is -1.39. The van der Waals surface area contributed by atoms with Crippen LogP contribution >= 0.6 is 0 Å². The molecule has 0 bridgehead atoms. The van der Waals surface area contributed by atoms with E-state index < -0.39 is 0 Å². The fraction of sp³-hybridized carbons (Fsp3) is 0.588. The molecule has 1 aromatic carbocycles. The van der Waals surface area contributed by atoms with Gasteiger partial charge in [-0.05, 0) is 38.4 Å². The molecule has 21 heavy (non-hydrogen) atoms. The summed E-state index contributed by atoms with van der Waals surface area (Å²) in [6.07, 6.45) is 1.92. The molecule has 2 atom stereocenters. The largest absolute Gasteiger partial charge is 0.370 e. The van der Waals surface area contributed by atoms with Crippen LogP contribution in [-0.2, 0) is 9.53 Å². The van der Waals surface area contributed by atoms with Crippen molar-refractivity contribution in [2.75, 3.05) is 26.2 Å². The van der Waals surface area contributed by atoms with Crippen molar-refractivity contribution in [3.05, 3.63) is 35.9 Å². The molecule has 0 saturated carbocycles. The number of benzene rings is 1. The van der Waals surface area contributed by atoms with Gasteiger partial charge < -0.3 is 15.0 Å². The molecular formula is C17H24N2O2. The first-order valence-corrected chi connectivity index (χ1v) is 7.93. The molecule has 0 spiro atoms. The Morgan fingerprint density at radius 3 is 2.67 bits per heavy atom. The van der Waals surface area contributed by atoms with Crippen molar-refractivity contribution in [3.63, 3.8) is 0 Å². The molecule has 2 fully saturated rings. The van der Waals surface area contributed by atoms with E-state index in [2.05, 4.69) is 24.4 Å². The number of nitrogens with one attached hydrogen (secondary N) is 1. The minimum absolute atomic E-state index is 0.00747. The molecule has 3 rings (SSSR count). The van der Waals surface area contributed by atoms with Gasteiger partial charge >= 0.3 is 0 Å². The molecule has 2 aliphatic heterocycles. The molecule has 0 aliphatic carbocycles. The van der Waals surface area contributed by atoms with Gasteiger partial charge in [0.15, 0.2) is 0 Å². The van der Waals surface area contributed by atoms with E-state index >= 15 is 0 Å². The van der Waals surface area contributed by atoms with Gasteiger partial charge in [-0.1, -0.05) is 30.3 Å². The molecular weight excluding hydrogens is 264 g/mol. The molecule has 2 heterocycles. The van der Waals surface area contributed by atoms with E-state index in [9.17, 15) is 4.79 Å². The van der Waals surface area contributed by atoms with Gasteiger partial charge in [-0.3, -0.25) is 4.79 Å². The summed E-state index contributed by atoms with van der Waals surface area (Å²) in [5, 5.41) is 3.32. The molecule has 2 aliphatic rings. The maximum absolute atomic E-state index is 12.8. The van der Waals surface area contributed by atoms with Crippen molar-refractivity contribution < 1.29 is 9.53 Å². The van der Waals surface area contributed by atoms with Crippen LogP contribution < -0.4 is 5.32 Å². The summed E-state index contributed by atoms with van der Waals surface area (Å²) in [5.41, 5.74) is 1.16. The Morgan fingerprint density at radius 1 is 1.24 bits per heavy atom. The Balaban J connectivity index is 1.69. The summed E-state index contributed by atoms with van der Waals surface area (Å²) in [6, 6.07) is 10.4. The fourth-order valence-corrected chi connectivity index (χ4v) is 3.24. The Morgan fingerprint density at radius 2 is 1.95 bits per heavy atom. The van der Waals surface area contributed by atoms with Gasteiger partial charge in [0.05, 0.1) is 19.2 Å². The minimum atomic E-state index is 0.00747. The number of carbonyl (C=O) groups excluding carboxylic acids is 1. The predicted molar refractivity (Wildman–Crippen MR) is 81.9 cm³/mol. The minimum Gasteiger partial charge on any atom is -0.370 e. The highest BCUT2D eigenvalue weighted by molar-refractivity contribution is 5.79. The van der Waals surface area contributed by atoms with E-state index in [1.54, 1.807) is 0 Å². The highest BCUT2D eigenvalue weighted by atomic mass is 16.5. The van der Waals surface area contributed by atoms with Gasteiger partial charge in [-0.25, -0.2) is 0 Å². The van der Waals surface area contributed by atoms with Crippen LogP contribution in [-0.4, -0.2) is 43.1 Å². The van der Waals surface area contributed by atoms with Crippen LogP contribution in [0.4, 0.5) is 0 Å². The Bertz CT molecular complexity index is 471.